The van der Waals surface area contributed by atoms with E-state index >= 15 is 0 Å². The van der Waals surface area contributed by atoms with E-state index < -0.39 is 23.1 Å². The van der Waals surface area contributed by atoms with Gasteiger partial charge in [-0.25, -0.2) is 4.79 Å². The normalized spacial score (nSPS) is 20.8. The Morgan fingerprint density at radius 1 is 1.14 bits per heavy atom. The smallest absolute Gasteiger partial charge is 0.331 e. The van der Waals surface area contributed by atoms with Crippen molar-refractivity contribution in [3.8, 4) is 0 Å². The van der Waals surface area contributed by atoms with Crippen molar-refractivity contribution in [1.82, 2.24) is 0 Å². The van der Waals surface area contributed by atoms with Gasteiger partial charge in [-0.05, 0) is 36.8 Å². The van der Waals surface area contributed by atoms with Crippen LogP contribution in [0, 0.1) is 5.41 Å². The zero-order valence-electron chi connectivity index (χ0n) is 11.9. The summed E-state index contributed by atoms with van der Waals surface area (Å²) in [5.41, 5.74) is 4.62. The Labute approximate surface area is 126 Å². The number of hydrogen-bond acceptors (Lipinski definition) is 4. The summed E-state index contributed by atoms with van der Waals surface area (Å²) in [6.07, 6.45) is 2.25. The van der Waals surface area contributed by atoms with Gasteiger partial charge < -0.3 is 15.9 Å². The van der Waals surface area contributed by atoms with E-state index in [1.165, 1.54) is 36.4 Å². The molecule has 4 N–H and O–H groups in total. The minimum absolute atomic E-state index is 0.0753. The lowest BCUT2D eigenvalue weighted by Crippen LogP contribution is -2.40. The fourth-order valence-electron chi connectivity index (χ4n) is 2.38. The molecule has 1 aliphatic rings. The molecule has 6 nitrogen and oxygen atoms in total. The average molecular weight is 301 g/mol. The van der Waals surface area contributed by atoms with Gasteiger partial charge in [-0.3, -0.25) is 9.59 Å². The maximum Gasteiger partial charge on any atom is 0.331 e. The van der Waals surface area contributed by atoms with Crippen LogP contribution < -0.4 is 5.73 Å². The quantitative estimate of drug-likeness (QED) is 0.444. The lowest BCUT2D eigenvalue weighted by molar-refractivity contribution is -0.143. The van der Waals surface area contributed by atoms with Crippen LogP contribution >= 0.6 is 0 Å². The van der Waals surface area contributed by atoms with E-state index in [2.05, 4.69) is 0 Å². The van der Waals surface area contributed by atoms with Gasteiger partial charge in [-0.2, -0.15) is 0 Å². The Balaban J connectivity index is 2.50. The number of Topliss-reactive ketones (excluding diaryl/α,β-unsaturated/α-hetero) is 1. The van der Waals surface area contributed by atoms with E-state index in [9.17, 15) is 24.6 Å². The molecule has 0 bridgehead atoms. The van der Waals surface area contributed by atoms with E-state index in [0.717, 1.165) is 0 Å². The number of nitrogen functional groups attached to an aromatic ring is 1. The van der Waals surface area contributed by atoms with Crippen LogP contribution in [-0.2, 0) is 9.59 Å². The number of rotatable bonds is 4. The molecule has 0 aromatic heterocycles. The largest absolute Gasteiger partial charge is 0.480 e. The lowest BCUT2D eigenvalue weighted by Gasteiger charge is -2.28. The van der Waals surface area contributed by atoms with Gasteiger partial charge in [0.1, 0.15) is 0 Å². The van der Waals surface area contributed by atoms with Crippen LogP contribution in [0.3, 0.4) is 0 Å². The van der Waals surface area contributed by atoms with E-state index in [1.54, 1.807) is 6.92 Å². The van der Waals surface area contributed by atoms with E-state index in [1.807, 2.05) is 0 Å². The van der Waals surface area contributed by atoms with E-state index in [4.69, 9.17) is 5.73 Å². The van der Waals surface area contributed by atoms with Gasteiger partial charge in [0.15, 0.2) is 11.2 Å². The Morgan fingerprint density at radius 2 is 1.73 bits per heavy atom. The van der Waals surface area contributed by atoms with Gasteiger partial charge in [0.05, 0.1) is 0 Å². The molecular weight excluding hydrogens is 286 g/mol. The molecule has 0 fully saturated rings. The summed E-state index contributed by atoms with van der Waals surface area (Å²) >= 11 is 0. The van der Waals surface area contributed by atoms with Crippen LogP contribution in [0.4, 0.5) is 5.69 Å². The Bertz CT molecular complexity index is 715. The molecule has 1 atom stereocenters. The SMILES string of the molecule is CC1=C(C(=O)O)CC(C(=O)O)(C(=O)c2ccc(N)cc2)C=C1. The molecule has 0 amide bonds. The first-order chi connectivity index (χ1) is 10.3. The number of benzene rings is 1. The summed E-state index contributed by atoms with van der Waals surface area (Å²) < 4.78 is 0. The molecule has 6 heteroatoms. The maximum atomic E-state index is 12.7. The molecule has 1 aromatic rings. The standard InChI is InChI=1S/C16H15NO5/c1-9-6-7-16(15(21)22,8-12(9)14(19)20)13(18)10-2-4-11(17)5-3-10/h2-7H,8,17H2,1H3,(H,19,20)(H,21,22). The van der Waals surface area contributed by atoms with Crippen molar-refractivity contribution in [3.63, 3.8) is 0 Å². The molecule has 0 radical (unpaired) electrons. The second kappa shape index (κ2) is 5.48. The number of carboxylic acid groups (broad SMARTS) is 2. The predicted molar refractivity (Wildman–Crippen MR) is 79.3 cm³/mol. The van der Waals surface area contributed by atoms with Crippen molar-refractivity contribution >= 4 is 23.4 Å². The Morgan fingerprint density at radius 3 is 2.23 bits per heavy atom. The topological polar surface area (TPSA) is 118 Å². The van der Waals surface area contributed by atoms with Crippen LogP contribution in [0.15, 0.2) is 47.6 Å². The van der Waals surface area contributed by atoms with Crippen molar-refractivity contribution in [2.75, 3.05) is 5.73 Å². The zero-order chi connectivity index (χ0) is 16.5. The van der Waals surface area contributed by atoms with Crippen LogP contribution in [0.25, 0.3) is 0 Å². The van der Waals surface area contributed by atoms with Gasteiger partial charge in [0, 0.05) is 23.2 Å². The van der Waals surface area contributed by atoms with E-state index in [0.29, 0.717) is 11.3 Å². The number of nitrogens with two attached hydrogens (primary N) is 1. The molecular formula is C16H15NO5. The number of hydrogen-bond donors (Lipinski definition) is 3. The summed E-state index contributed by atoms with van der Waals surface area (Å²) in [6, 6.07) is 5.85. The minimum Gasteiger partial charge on any atom is -0.480 e. The number of carbonyl (C=O) groups excluding carboxylic acids is 1. The summed E-state index contributed by atoms with van der Waals surface area (Å²) in [7, 11) is 0. The first-order valence-corrected chi connectivity index (χ1v) is 6.54. The summed E-state index contributed by atoms with van der Waals surface area (Å²) in [5, 5.41) is 18.7. The molecule has 0 aliphatic heterocycles. The maximum absolute atomic E-state index is 12.7. The van der Waals surface area contributed by atoms with E-state index in [-0.39, 0.29) is 17.6 Å². The molecule has 0 saturated heterocycles. The molecule has 1 unspecified atom stereocenters. The van der Waals surface area contributed by atoms with Gasteiger partial charge in [-0.1, -0.05) is 12.2 Å². The van der Waals surface area contributed by atoms with Gasteiger partial charge in [0.25, 0.3) is 0 Å². The van der Waals surface area contributed by atoms with Crippen LogP contribution in [0.5, 0.6) is 0 Å². The summed E-state index contributed by atoms with van der Waals surface area (Å²) in [5.74, 6) is -3.27. The molecule has 0 spiro atoms. The number of carboxylic acids is 2. The number of allylic oxidation sites excluding steroid dienone is 2. The van der Waals surface area contributed by atoms with Crippen LogP contribution in [-0.4, -0.2) is 27.9 Å². The van der Waals surface area contributed by atoms with Crippen LogP contribution in [0.1, 0.15) is 23.7 Å². The van der Waals surface area contributed by atoms with Crippen molar-refractivity contribution < 1.29 is 24.6 Å². The van der Waals surface area contributed by atoms with Crippen molar-refractivity contribution in [3.05, 3.63) is 53.1 Å². The Hall–Kier alpha value is -2.89. The highest BCUT2D eigenvalue weighted by atomic mass is 16.4. The fraction of sp³-hybridized carbons (Fsp3) is 0.188. The lowest BCUT2D eigenvalue weighted by atomic mass is 9.71. The fourth-order valence-corrected chi connectivity index (χ4v) is 2.38. The predicted octanol–water partition coefficient (Wildman–Crippen LogP) is 1.88. The molecule has 1 aromatic carbocycles. The van der Waals surface area contributed by atoms with Crippen LogP contribution in [0.2, 0.25) is 0 Å². The average Bonchev–Trinajstić information content (AvgIpc) is 2.47. The van der Waals surface area contributed by atoms with Crippen molar-refractivity contribution in [1.29, 1.82) is 0 Å². The number of anilines is 1. The highest BCUT2D eigenvalue weighted by Crippen LogP contribution is 2.38. The highest BCUT2D eigenvalue weighted by molar-refractivity contribution is 6.15. The number of ketones is 1. The van der Waals surface area contributed by atoms with Gasteiger partial charge in [-0.15, -0.1) is 0 Å². The Kier molecular flexibility index (Phi) is 3.86. The third kappa shape index (κ3) is 2.50. The highest BCUT2D eigenvalue weighted by Gasteiger charge is 2.47. The minimum atomic E-state index is -1.91. The molecule has 114 valence electrons. The van der Waals surface area contributed by atoms with Crippen molar-refractivity contribution in [2.45, 2.75) is 13.3 Å². The van der Waals surface area contributed by atoms with Gasteiger partial charge >= 0.3 is 11.9 Å². The number of aliphatic carboxylic acids is 2. The molecule has 1 aliphatic carbocycles. The molecule has 0 saturated carbocycles. The zero-order valence-corrected chi connectivity index (χ0v) is 11.9. The van der Waals surface area contributed by atoms with Crippen molar-refractivity contribution in [2.24, 2.45) is 5.41 Å². The molecule has 22 heavy (non-hydrogen) atoms. The summed E-state index contributed by atoms with van der Waals surface area (Å²) in [4.78, 5) is 35.6. The third-order valence-corrected chi connectivity index (χ3v) is 3.77. The van der Waals surface area contributed by atoms with Gasteiger partial charge in [0.2, 0.25) is 0 Å². The second-order valence-corrected chi connectivity index (χ2v) is 5.20. The second-order valence-electron chi connectivity index (χ2n) is 5.20. The summed E-state index contributed by atoms with van der Waals surface area (Å²) in [6.45, 7) is 1.57. The third-order valence-electron chi connectivity index (χ3n) is 3.77. The first kappa shape index (κ1) is 15.5. The molecule has 2 rings (SSSR count). The molecule has 0 heterocycles. The first-order valence-electron chi connectivity index (χ1n) is 6.54. The number of carbonyl (C=O) groups is 3. The monoisotopic (exact) mass is 301 g/mol.